The fourth-order valence-electron chi connectivity index (χ4n) is 4.26. The largest absolute Gasteiger partial charge is 0.511 e. The molecule has 38 heavy (non-hydrogen) atoms. The molecule has 4 rings (SSSR count). The van der Waals surface area contributed by atoms with E-state index in [0.717, 1.165) is 22.4 Å². The predicted molar refractivity (Wildman–Crippen MR) is 142 cm³/mol. The van der Waals surface area contributed by atoms with Crippen LogP contribution >= 0.6 is 11.6 Å². The highest BCUT2D eigenvalue weighted by molar-refractivity contribution is 6.30. The van der Waals surface area contributed by atoms with Crippen molar-refractivity contribution >= 4 is 23.5 Å². The van der Waals surface area contributed by atoms with Crippen LogP contribution < -0.4 is 9.47 Å². The highest BCUT2D eigenvalue weighted by Crippen LogP contribution is 2.36. The molecule has 3 aromatic carbocycles. The lowest BCUT2D eigenvalue weighted by Gasteiger charge is -2.20. The first kappa shape index (κ1) is 26.6. The molecule has 0 saturated carbocycles. The van der Waals surface area contributed by atoms with E-state index in [1.54, 1.807) is 42.6 Å². The Labute approximate surface area is 223 Å². The molecule has 2 N–H and O–H groups in total. The van der Waals surface area contributed by atoms with Crippen molar-refractivity contribution < 1.29 is 29.0 Å². The highest BCUT2D eigenvalue weighted by atomic mass is 35.5. The molecule has 0 aliphatic heterocycles. The summed E-state index contributed by atoms with van der Waals surface area (Å²) in [6, 6.07) is 20.5. The smallest absolute Gasteiger partial charge is 0.493 e. The normalized spacial score (nSPS) is 12.2. The molecule has 0 fully saturated rings. The monoisotopic (exact) mass is 534 g/mol. The molecule has 1 atom stereocenters. The average molecular weight is 535 g/mol. The van der Waals surface area contributed by atoms with Crippen LogP contribution in [0.15, 0.2) is 84.1 Å². The van der Waals surface area contributed by atoms with Crippen LogP contribution in [0.1, 0.15) is 34.7 Å². The van der Waals surface area contributed by atoms with Crippen molar-refractivity contribution in [2.75, 3.05) is 7.11 Å². The van der Waals surface area contributed by atoms with E-state index in [2.05, 4.69) is 10.1 Å². The molecule has 9 heteroatoms. The van der Waals surface area contributed by atoms with Gasteiger partial charge in [0.1, 0.15) is 5.82 Å². The van der Waals surface area contributed by atoms with Gasteiger partial charge in [0.15, 0.2) is 11.5 Å². The van der Waals surface area contributed by atoms with Gasteiger partial charge in [-0.15, -0.1) is 0 Å². The number of pyridine rings is 1. The number of rotatable bonds is 8. The number of methoxy groups -OCH3 is 1. The average Bonchev–Trinajstić information content (AvgIpc) is 2.90. The van der Waals surface area contributed by atoms with Gasteiger partial charge in [-0.2, -0.15) is 0 Å². The number of carboxylic acid groups (broad SMARTS) is 1. The molecule has 1 aromatic heterocycles. The molecule has 0 aliphatic carbocycles. The van der Waals surface area contributed by atoms with E-state index in [1.165, 1.54) is 19.2 Å². The number of carbonyl (C=O) groups is 1. The molecule has 0 saturated heterocycles. The summed E-state index contributed by atoms with van der Waals surface area (Å²) < 4.78 is 25.1. The number of nitrogens with zero attached hydrogens (tertiary/aromatic N) is 2. The summed E-state index contributed by atoms with van der Waals surface area (Å²) >= 11 is 6.00. The van der Waals surface area contributed by atoms with Crippen molar-refractivity contribution in [1.82, 2.24) is 4.98 Å². The summed E-state index contributed by atoms with van der Waals surface area (Å²) in [6.45, 7) is 1.84. The van der Waals surface area contributed by atoms with Crippen molar-refractivity contribution in [2.24, 2.45) is 5.16 Å². The van der Waals surface area contributed by atoms with E-state index in [0.29, 0.717) is 16.8 Å². The van der Waals surface area contributed by atoms with Gasteiger partial charge in [0.25, 0.3) is 0 Å². The lowest BCUT2D eigenvalue weighted by molar-refractivity contribution is 0.143. The van der Waals surface area contributed by atoms with E-state index < -0.39 is 17.9 Å². The topological polar surface area (TPSA) is 101 Å². The van der Waals surface area contributed by atoms with Crippen LogP contribution in [0.3, 0.4) is 0 Å². The summed E-state index contributed by atoms with van der Waals surface area (Å²) in [5.41, 5.74) is 4.63. The van der Waals surface area contributed by atoms with Gasteiger partial charge in [-0.05, 0) is 65.6 Å². The van der Waals surface area contributed by atoms with Crippen molar-refractivity contribution in [3.05, 3.63) is 112 Å². The molecular weight excluding hydrogens is 511 g/mol. The Hall–Kier alpha value is -4.43. The van der Waals surface area contributed by atoms with Gasteiger partial charge in [-0.25, -0.2) is 9.18 Å². The van der Waals surface area contributed by atoms with Crippen LogP contribution in [0.25, 0.3) is 11.1 Å². The lowest BCUT2D eigenvalue weighted by atomic mass is 9.84. The minimum atomic E-state index is -1.44. The van der Waals surface area contributed by atoms with Gasteiger partial charge in [-0.3, -0.25) is 4.98 Å². The third kappa shape index (κ3) is 6.10. The maximum atomic E-state index is 15.1. The van der Waals surface area contributed by atoms with Gasteiger partial charge >= 0.3 is 6.16 Å². The molecule has 0 bridgehead atoms. The van der Waals surface area contributed by atoms with Crippen molar-refractivity contribution in [1.29, 1.82) is 0 Å². The maximum absolute atomic E-state index is 15.1. The Morgan fingerprint density at radius 2 is 1.76 bits per heavy atom. The summed E-state index contributed by atoms with van der Waals surface area (Å²) in [6.07, 6.45) is 0.407. The van der Waals surface area contributed by atoms with Crippen molar-refractivity contribution in [3.63, 3.8) is 0 Å². The number of halogens is 2. The Balaban J connectivity index is 1.71. The van der Waals surface area contributed by atoms with Crippen LogP contribution in [0.5, 0.6) is 11.5 Å². The number of benzene rings is 3. The first-order chi connectivity index (χ1) is 18.3. The van der Waals surface area contributed by atoms with E-state index in [1.807, 2.05) is 31.2 Å². The summed E-state index contributed by atoms with van der Waals surface area (Å²) in [5.74, 6) is -0.595. The first-order valence-electron chi connectivity index (χ1n) is 11.6. The number of aromatic nitrogens is 1. The SMILES string of the molecule is COc1cc(-c2ccc(C(C/C(=N\O)c3ccnc(C)c3)c3ccc(Cl)cc3F)cc2)ccc1OC(=O)O. The van der Waals surface area contributed by atoms with Gasteiger partial charge in [-0.1, -0.05) is 53.2 Å². The number of oxime groups is 1. The van der Waals surface area contributed by atoms with E-state index in [9.17, 15) is 10.0 Å². The number of ether oxygens (including phenoxy) is 2. The minimum Gasteiger partial charge on any atom is -0.493 e. The second-order valence-corrected chi connectivity index (χ2v) is 8.95. The highest BCUT2D eigenvalue weighted by Gasteiger charge is 2.22. The Bertz CT molecular complexity index is 1490. The molecule has 4 aromatic rings. The molecule has 1 heterocycles. The van der Waals surface area contributed by atoms with Crippen LogP contribution in [0.4, 0.5) is 9.18 Å². The Morgan fingerprint density at radius 1 is 1.03 bits per heavy atom. The number of aryl methyl sites for hydroxylation is 1. The molecule has 194 valence electrons. The van der Waals surface area contributed by atoms with Gasteiger partial charge in [0, 0.05) is 34.8 Å². The second-order valence-electron chi connectivity index (χ2n) is 8.51. The fourth-order valence-corrected chi connectivity index (χ4v) is 4.42. The molecule has 1 unspecified atom stereocenters. The lowest BCUT2D eigenvalue weighted by Crippen LogP contribution is -2.12. The zero-order valence-electron chi connectivity index (χ0n) is 20.6. The Morgan fingerprint density at radius 3 is 2.39 bits per heavy atom. The van der Waals surface area contributed by atoms with Crippen LogP contribution in [0.2, 0.25) is 5.02 Å². The number of hydrogen-bond donors (Lipinski definition) is 2. The predicted octanol–water partition coefficient (Wildman–Crippen LogP) is 7.32. The zero-order chi connectivity index (χ0) is 27.2. The van der Waals surface area contributed by atoms with E-state index in [4.69, 9.17) is 26.2 Å². The molecular formula is C29H24ClFN2O5. The van der Waals surface area contributed by atoms with Gasteiger partial charge in [0.2, 0.25) is 0 Å². The van der Waals surface area contributed by atoms with Gasteiger partial charge < -0.3 is 19.8 Å². The van der Waals surface area contributed by atoms with E-state index >= 15 is 4.39 Å². The summed E-state index contributed by atoms with van der Waals surface area (Å²) in [5, 5.41) is 22.6. The standard InChI is InChI=1S/C29H24ClFN2O5/c1-17-13-21(11-12-32-17)26(33-36)16-24(23-9-8-22(30)15-25(23)31)19-5-3-18(4-6-19)20-7-10-27(38-29(34)35)28(14-20)37-2/h3-15,24,36H,16H2,1-2H3,(H,34,35)/b33-26+. The van der Waals surface area contributed by atoms with Crippen LogP contribution in [-0.2, 0) is 0 Å². The van der Waals surface area contributed by atoms with Crippen LogP contribution in [-0.4, -0.2) is 34.3 Å². The van der Waals surface area contributed by atoms with Crippen molar-refractivity contribution in [2.45, 2.75) is 19.3 Å². The quantitative estimate of drug-likeness (QED) is 0.0807. The zero-order valence-corrected chi connectivity index (χ0v) is 21.3. The third-order valence-corrected chi connectivity index (χ3v) is 6.33. The molecule has 0 spiro atoms. The van der Waals surface area contributed by atoms with Crippen LogP contribution in [0, 0.1) is 12.7 Å². The minimum absolute atomic E-state index is 0.0841. The summed E-state index contributed by atoms with van der Waals surface area (Å²) in [4.78, 5) is 15.1. The second kappa shape index (κ2) is 11.7. The van der Waals surface area contributed by atoms with Gasteiger partial charge in [0.05, 0.1) is 12.8 Å². The van der Waals surface area contributed by atoms with Crippen molar-refractivity contribution in [3.8, 4) is 22.6 Å². The summed E-state index contributed by atoms with van der Waals surface area (Å²) in [7, 11) is 1.42. The molecule has 0 radical (unpaired) electrons. The van der Waals surface area contributed by atoms with E-state index in [-0.39, 0.29) is 22.9 Å². The molecule has 7 nitrogen and oxygen atoms in total. The third-order valence-electron chi connectivity index (χ3n) is 6.09. The fraction of sp³-hybridized carbons (Fsp3) is 0.138. The number of hydrogen-bond acceptors (Lipinski definition) is 6. The molecule has 0 aliphatic rings. The first-order valence-corrected chi connectivity index (χ1v) is 11.9. The maximum Gasteiger partial charge on any atom is 0.511 e. The molecule has 0 amide bonds. The Kier molecular flexibility index (Phi) is 8.23.